The van der Waals surface area contributed by atoms with Crippen molar-refractivity contribution in [3.8, 4) is 17.1 Å². The van der Waals surface area contributed by atoms with Gasteiger partial charge in [0.2, 0.25) is 0 Å². The van der Waals surface area contributed by atoms with E-state index in [4.69, 9.17) is 4.74 Å². The van der Waals surface area contributed by atoms with E-state index in [1.165, 1.54) is 6.42 Å². The number of hydrogen-bond donors (Lipinski definition) is 1. The molecule has 0 aliphatic carbocycles. The van der Waals surface area contributed by atoms with Crippen LogP contribution in [0.25, 0.3) is 22.3 Å². The Hall–Kier alpha value is -3.74. The standard InChI is InChI=1S/C25H25N5O2/c1-16-21(15-18-14-20(32-2)10-11-22(18)26-16)25(31)27-19-8-6-7-17(13-19)24-29-28-23-9-4-3-5-12-30(23)24/h6-8,10-11,13-15H,3-5,9,12H2,1-2H3,(H,27,31). The maximum Gasteiger partial charge on any atom is 0.257 e. The van der Waals surface area contributed by atoms with Crippen LogP contribution in [0.2, 0.25) is 0 Å². The van der Waals surface area contributed by atoms with Crippen molar-refractivity contribution >= 4 is 22.5 Å². The zero-order chi connectivity index (χ0) is 22.1. The van der Waals surface area contributed by atoms with Gasteiger partial charge in [0.05, 0.1) is 23.9 Å². The second-order valence-corrected chi connectivity index (χ2v) is 8.12. The third kappa shape index (κ3) is 3.82. The van der Waals surface area contributed by atoms with Crippen molar-refractivity contribution in [3.05, 3.63) is 65.6 Å². The highest BCUT2D eigenvalue weighted by Gasteiger charge is 2.17. The third-order valence-electron chi connectivity index (χ3n) is 5.95. The van der Waals surface area contributed by atoms with E-state index in [0.717, 1.165) is 59.7 Å². The minimum Gasteiger partial charge on any atom is -0.497 e. The normalized spacial score (nSPS) is 13.4. The van der Waals surface area contributed by atoms with E-state index in [-0.39, 0.29) is 5.91 Å². The number of pyridine rings is 1. The van der Waals surface area contributed by atoms with E-state index in [1.54, 1.807) is 7.11 Å². The topological polar surface area (TPSA) is 81.9 Å². The molecule has 2 aromatic carbocycles. The molecule has 4 aromatic rings. The number of anilines is 1. The molecule has 0 fully saturated rings. The summed E-state index contributed by atoms with van der Waals surface area (Å²) in [5.74, 6) is 2.43. The molecular weight excluding hydrogens is 402 g/mol. The Morgan fingerprint density at radius 2 is 1.97 bits per heavy atom. The van der Waals surface area contributed by atoms with Gasteiger partial charge in [0.25, 0.3) is 5.91 Å². The minimum absolute atomic E-state index is 0.197. The highest BCUT2D eigenvalue weighted by atomic mass is 16.5. The maximum atomic E-state index is 13.1. The van der Waals surface area contributed by atoms with Crippen molar-refractivity contribution < 1.29 is 9.53 Å². The number of aryl methyl sites for hydroxylation is 2. The van der Waals surface area contributed by atoms with Gasteiger partial charge in [-0.3, -0.25) is 9.78 Å². The summed E-state index contributed by atoms with van der Waals surface area (Å²) in [5, 5.41) is 12.7. The Morgan fingerprint density at radius 3 is 2.84 bits per heavy atom. The van der Waals surface area contributed by atoms with E-state index in [9.17, 15) is 4.79 Å². The second-order valence-electron chi connectivity index (χ2n) is 8.12. The summed E-state index contributed by atoms with van der Waals surface area (Å²) in [6, 6.07) is 15.3. The average molecular weight is 428 g/mol. The van der Waals surface area contributed by atoms with Gasteiger partial charge in [0.1, 0.15) is 11.6 Å². The number of amides is 1. The van der Waals surface area contributed by atoms with Crippen LogP contribution in [0.1, 0.15) is 41.1 Å². The molecule has 0 bridgehead atoms. The van der Waals surface area contributed by atoms with E-state index in [0.29, 0.717) is 16.9 Å². The van der Waals surface area contributed by atoms with Crippen LogP contribution in [0.5, 0.6) is 5.75 Å². The van der Waals surface area contributed by atoms with Gasteiger partial charge in [0.15, 0.2) is 5.82 Å². The van der Waals surface area contributed by atoms with Crippen molar-refractivity contribution in [2.75, 3.05) is 12.4 Å². The Bertz CT molecular complexity index is 1310. The summed E-state index contributed by atoms with van der Waals surface area (Å²) in [7, 11) is 1.62. The fourth-order valence-corrected chi connectivity index (χ4v) is 4.24. The molecule has 2 aromatic heterocycles. The van der Waals surface area contributed by atoms with Gasteiger partial charge < -0.3 is 14.6 Å². The molecule has 0 unspecified atom stereocenters. The summed E-state index contributed by atoms with van der Waals surface area (Å²) in [5.41, 5.74) is 3.70. The van der Waals surface area contributed by atoms with E-state index in [2.05, 4.69) is 25.1 Å². The molecule has 5 rings (SSSR count). The average Bonchev–Trinajstić information content (AvgIpc) is 3.06. The van der Waals surface area contributed by atoms with E-state index in [1.807, 2.05) is 55.5 Å². The first-order valence-corrected chi connectivity index (χ1v) is 10.9. The van der Waals surface area contributed by atoms with Gasteiger partial charge in [-0.25, -0.2) is 0 Å². The monoisotopic (exact) mass is 427 g/mol. The summed E-state index contributed by atoms with van der Waals surface area (Å²) < 4.78 is 7.51. The molecule has 1 aliphatic heterocycles. The molecule has 0 atom stereocenters. The number of aromatic nitrogens is 4. The predicted octanol–water partition coefficient (Wildman–Crippen LogP) is 4.79. The van der Waals surface area contributed by atoms with Crippen molar-refractivity contribution in [1.82, 2.24) is 19.7 Å². The molecule has 1 amide bonds. The van der Waals surface area contributed by atoms with E-state index < -0.39 is 0 Å². The summed E-state index contributed by atoms with van der Waals surface area (Å²) >= 11 is 0. The minimum atomic E-state index is -0.197. The zero-order valence-corrected chi connectivity index (χ0v) is 18.3. The largest absolute Gasteiger partial charge is 0.497 e. The summed E-state index contributed by atoms with van der Waals surface area (Å²) in [6.07, 6.45) is 4.46. The first-order valence-electron chi connectivity index (χ1n) is 10.9. The lowest BCUT2D eigenvalue weighted by Crippen LogP contribution is -2.14. The van der Waals surface area contributed by atoms with Crippen molar-refractivity contribution in [1.29, 1.82) is 0 Å². The number of hydrogen-bond acceptors (Lipinski definition) is 5. The van der Waals surface area contributed by atoms with Crippen LogP contribution < -0.4 is 10.1 Å². The number of ether oxygens (including phenoxy) is 1. The van der Waals surface area contributed by atoms with E-state index >= 15 is 0 Å². The molecule has 0 spiro atoms. The maximum absolute atomic E-state index is 13.1. The Labute approximate surface area is 186 Å². The lowest BCUT2D eigenvalue weighted by atomic mass is 10.1. The van der Waals surface area contributed by atoms with Gasteiger partial charge >= 0.3 is 0 Å². The lowest BCUT2D eigenvalue weighted by molar-refractivity contribution is 0.102. The van der Waals surface area contributed by atoms with Gasteiger partial charge in [-0.05, 0) is 56.2 Å². The molecular formula is C25H25N5O2. The zero-order valence-electron chi connectivity index (χ0n) is 18.3. The Balaban J connectivity index is 1.43. The molecule has 0 saturated carbocycles. The molecule has 3 heterocycles. The molecule has 7 nitrogen and oxygen atoms in total. The van der Waals surface area contributed by atoms with Crippen LogP contribution >= 0.6 is 0 Å². The molecule has 1 N–H and O–H groups in total. The molecule has 162 valence electrons. The number of carbonyl (C=O) groups is 1. The number of rotatable bonds is 4. The lowest BCUT2D eigenvalue weighted by Gasteiger charge is -2.11. The molecule has 0 radical (unpaired) electrons. The van der Waals surface area contributed by atoms with Crippen molar-refractivity contribution in [3.63, 3.8) is 0 Å². The van der Waals surface area contributed by atoms with Crippen LogP contribution in [0, 0.1) is 6.92 Å². The third-order valence-corrected chi connectivity index (χ3v) is 5.95. The highest BCUT2D eigenvalue weighted by molar-refractivity contribution is 6.07. The number of carbonyl (C=O) groups excluding carboxylic acids is 1. The van der Waals surface area contributed by atoms with Gasteiger partial charge in [-0.2, -0.15) is 0 Å². The van der Waals surface area contributed by atoms with Crippen molar-refractivity contribution in [2.45, 2.75) is 39.2 Å². The number of nitrogens with one attached hydrogen (secondary N) is 1. The quantitative estimate of drug-likeness (QED) is 0.506. The van der Waals surface area contributed by atoms with Crippen LogP contribution in [0.3, 0.4) is 0 Å². The van der Waals surface area contributed by atoms with Crippen LogP contribution in [-0.4, -0.2) is 32.8 Å². The molecule has 7 heteroatoms. The van der Waals surface area contributed by atoms with Crippen LogP contribution in [-0.2, 0) is 13.0 Å². The van der Waals surface area contributed by atoms with Gasteiger partial charge in [-0.15, -0.1) is 10.2 Å². The van der Waals surface area contributed by atoms with Crippen molar-refractivity contribution in [2.24, 2.45) is 0 Å². The summed E-state index contributed by atoms with van der Waals surface area (Å²) in [6.45, 7) is 2.78. The number of fused-ring (bicyclic) bond motifs is 2. The van der Waals surface area contributed by atoms with Gasteiger partial charge in [-0.1, -0.05) is 18.6 Å². The first kappa shape index (κ1) is 20.2. The van der Waals surface area contributed by atoms with Crippen LogP contribution in [0.15, 0.2) is 48.5 Å². The molecule has 32 heavy (non-hydrogen) atoms. The Morgan fingerprint density at radius 1 is 1.06 bits per heavy atom. The van der Waals surface area contributed by atoms with Gasteiger partial charge in [0, 0.05) is 29.6 Å². The number of nitrogens with zero attached hydrogens (tertiary/aromatic N) is 4. The second kappa shape index (κ2) is 8.42. The Kier molecular flexibility index (Phi) is 5.31. The highest BCUT2D eigenvalue weighted by Crippen LogP contribution is 2.26. The smallest absolute Gasteiger partial charge is 0.257 e. The summed E-state index contributed by atoms with van der Waals surface area (Å²) in [4.78, 5) is 17.7. The molecule has 1 aliphatic rings. The molecule has 0 saturated heterocycles. The SMILES string of the molecule is COc1ccc2nc(C)c(C(=O)Nc3cccc(-c4nnc5n4CCCCC5)c3)cc2c1. The fourth-order valence-electron chi connectivity index (χ4n) is 4.24. The fraction of sp³-hybridized carbons (Fsp3) is 0.280. The van der Waals surface area contributed by atoms with Crippen LogP contribution in [0.4, 0.5) is 5.69 Å². The first-order chi connectivity index (χ1) is 15.6. The predicted molar refractivity (Wildman–Crippen MR) is 124 cm³/mol. The number of methoxy groups -OCH3 is 1. The number of benzene rings is 2.